The van der Waals surface area contributed by atoms with Crippen LogP contribution in [0.3, 0.4) is 0 Å². The van der Waals surface area contributed by atoms with Crippen LogP contribution in [0.15, 0.2) is 46.1 Å². The number of nitrogens with zero attached hydrogens (tertiary/aromatic N) is 3. The van der Waals surface area contributed by atoms with Gasteiger partial charge >= 0.3 is 5.69 Å². The molecule has 0 saturated carbocycles. The molecule has 0 spiro atoms. The number of ether oxygens (including phenoxy) is 2. The standard InChI is InChI=1S/C22H20Cl2N4O4/c1-26-15-10-28(12-8-13(23)19(25)14(24)9-12)20(18(15)21(29)27(2)22(26)30)11-5-6-16(31-3)17(7-11)32-4/h5-10H,25H2,1-4H3. The van der Waals surface area contributed by atoms with Crippen LogP contribution >= 0.6 is 23.2 Å². The summed E-state index contributed by atoms with van der Waals surface area (Å²) in [5.41, 5.74) is 7.52. The van der Waals surface area contributed by atoms with E-state index in [1.54, 1.807) is 55.3 Å². The molecule has 0 aliphatic carbocycles. The molecule has 166 valence electrons. The second-order valence-electron chi connectivity index (χ2n) is 7.21. The number of halogens is 2. The third-order valence-electron chi connectivity index (χ3n) is 5.44. The molecule has 0 fully saturated rings. The average molecular weight is 475 g/mol. The van der Waals surface area contributed by atoms with Crippen LogP contribution in [0, 0.1) is 0 Å². The largest absolute Gasteiger partial charge is 0.493 e. The van der Waals surface area contributed by atoms with E-state index in [9.17, 15) is 9.59 Å². The summed E-state index contributed by atoms with van der Waals surface area (Å²) in [7, 11) is 6.12. The smallest absolute Gasteiger partial charge is 0.330 e. The van der Waals surface area contributed by atoms with Gasteiger partial charge in [-0.3, -0.25) is 13.9 Å². The summed E-state index contributed by atoms with van der Waals surface area (Å²) in [6.45, 7) is 0. The van der Waals surface area contributed by atoms with Crippen LogP contribution in [-0.4, -0.2) is 27.9 Å². The minimum Gasteiger partial charge on any atom is -0.493 e. The Hall–Kier alpha value is -3.36. The van der Waals surface area contributed by atoms with Crippen LogP contribution in [0.4, 0.5) is 5.69 Å². The van der Waals surface area contributed by atoms with Crippen LogP contribution in [0.25, 0.3) is 27.8 Å². The molecule has 0 radical (unpaired) electrons. The van der Waals surface area contributed by atoms with Gasteiger partial charge < -0.3 is 19.8 Å². The summed E-state index contributed by atoms with van der Waals surface area (Å²) in [5, 5.41) is 0.890. The fourth-order valence-electron chi connectivity index (χ4n) is 3.72. The fourth-order valence-corrected chi connectivity index (χ4v) is 4.20. The van der Waals surface area contributed by atoms with E-state index < -0.39 is 11.2 Å². The summed E-state index contributed by atoms with van der Waals surface area (Å²) in [6, 6.07) is 8.60. The van der Waals surface area contributed by atoms with E-state index in [1.807, 2.05) is 0 Å². The monoisotopic (exact) mass is 474 g/mol. The van der Waals surface area contributed by atoms with Gasteiger partial charge in [0.1, 0.15) is 0 Å². The molecule has 2 heterocycles. The molecule has 2 N–H and O–H groups in total. The molecule has 2 aromatic heterocycles. The Morgan fingerprint density at radius 1 is 0.906 bits per heavy atom. The lowest BCUT2D eigenvalue weighted by Gasteiger charge is -2.14. The molecule has 4 aromatic rings. The number of methoxy groups -OCH3 is 2. The van der Waals surface area contributed by atoms with Crippen molar-refractivity contribution in [3.63, 3.8) is 0 Å². The van der Waals surface area contributed by atoms with Gasteiger partial charge in [0.25, 0.3) is 5.56 Å². The van der Waals surface area contributed by atoms with Crippen LogP contribution < -0.4 is 26.5 Å². The molecule has 10 heteroatoms. The summed E-state index contributed by atoms with van der Waals surface area (Å²) in [5.74, 6) is 1.03. The van der Waals surface area contributed by atoms with Gasteiger partial charge in [-0.05, 0) is 30.3 Å². The number of benzene rings is 2. The van der Waals surface area contributed by atoms with Crippen LogP contribution in [-0.2, 0) is 14.1 Å². The Morgan fingerprint density at radius 2 is 1.53 bits per heavy atom. The molecule has 8 nitrogen and oxygen atoms in total. The first-order valence-corrected chi connectivity index (χ1v) is 10.2. The van der Waals surface area contributed by atoms with Crippen LogP contribution in [0.1, 0.15) is 0 Å². The molecule has 0 bridgehead atoms. The third-order valence-corrected chi connectivity index (χ3v) is 6.06. The van der Waals surface area contributed by atoms with Gasteiger partial charge in [0, 0.05) is 31.5 Å². The molecular weight excluding hydrogens is 455 g/mol. The number of aromatic nitrogens is 3. The Morgan fingerprint density at radius 3 is 2.12 bits per heavy atom. The highest BCUT2D eigenvalue weighted by molar-refractivity contribution is 6.39. The number of hydrogen-bond acceptors (Lipinski definition) is 5. The molecule has 32 heavy (non-hydrogen) atoms. The molecule has 2 aromatic carbocycles. The van der Waals surface area contributed by atoms with Gasteiger partial charge in [-0.1, -0.05) is 23.2 Å². The van der Waals surface area contributed by atoms with Crippen molar-refractivity contribution in [3.05, 3.63) is 67.4 Å². The van der Waals surface area contributed by atoms with Gasteiger partial charge in [0.05, 0.1) is 46.5 Å². The summed E-state index contributed by atoms with van der Waals surface area (Å²) in [4.78, 5) is 25.8. The van der Waals surface area contributed by atoms with Crippen molar-refractivity contribution in [2.24, 2.45) is 14.1 Å². The number of hydrogen-bond donors (Lipinski definition) is 1. The molecule has 0 saturated heterocycles. The second kappa shape index (κ2) is 7.96. The van der Waals surface area contributed by atoms with E-state index in [4.69, 9.17) is 38.4 Å². The first kappa shape index (κ1) is 21.9. The van der Waals surface area contributed by atoms with Gasteiger partial charge in [-0.2, -0.15) is 0 Å². The highest BCUT2D eigenvalue weighted by Gasteiger charge is 2.22. The maximum atomic E-state index is 13.2. The fraction of sp³-hybridized carbons (Fsp3) is 0.182. The third kappa shape index (κ3) is 3.23. The maximum absolute atomic E-state index is 13.2. The van der Waals surface area contributed by atoms with E-state index >= 15 is 0 Å². The molecule has 0 atom stereocenters. The Kier molecular flexibility index (Phi) is 5.44. The highest BCUT2D eigenvalue weighted by Crippen LogP contribution is 2.38. The van der Waals surface area contributed by atoms with E-state index in [1.165, 1.54) is 18.7 Å². The zero-order valence-corrected chi connectivity index (χ0v) is 19.3. The Bertz CT molecular complexity index is 1480. The van der Waals surface area contributed by atoms with Crippen molar-refractivity contribution in [1.29, 1.82) is 0 Å². The van der Waals surface area contributed by atoms with Crippen molar-refractivity contribution >= 4 is 39.8 Å². The predicted molar refractivity (Wildman–Crippen MR) is 127 cm³/mol. The highest BCUT2D eigenvalue weighted by atomic mass is 35.5. The molecule has 0 amide bonds. The normalized spacial score (nSPS) is 11.2. The molecular formula is C22H20Cl2N4O4. The van der Waals surface area contributed by atoms with E-state index in [-0.39, 0.29) is 15.7 Å². The maximum Gasteiger partial charge on any atom is 0.330 e. The molecule has 4 rings (SSSR count). The summed E-state index contributed by atoms with van der Waals surface area (Å²) < 4.78 is 15.0. The SMILES string of the molecule is COc1ccc(-c2c3c(=O)n(C)c(=O)n(C)c3cn2-c2cc(Cl)c(N)c(Cl)c2)cc1OC. The zero-order chi connectivity index (χ0) is 23.3. The Labute approximate surface area is 192 Å². The van der Waals surface area contributed by atoms with Crippen molar-refractivity contribution < 1.29 is 9.47 Å². The minimum absolute atomic E-state index is 0.254. The molecule has 0 unspecified atom stereocenters. The van der Waals surface area contributed by atoms with Gasteiger partial charge in [-0.15, -0.1) is 0 Å². The minimum atomic E-state index is -0.438. The van der Waals surface area contributed by atoms with Crippen LogP contribution in [0.2, 0.25) is 10.0 Å². The molecule has 0 aliphatic heterocycles. The topological polar surface area (TPSA) is 93.4 Å². The number of nitrogen functional groups attached to an aromatic ring is 1. The van der Waals surface area contributed by atoms with E-state index in [0.29, 0.717) is 39.3 Å². The van der Waals surface area contributed by atoms with Crippen LogP contribution in [0.5, 0.6) is 11.5 Å². The van der Waals surface area contributed by atoms with Gasteiger partial charge in [0.2, 0.25) is 0 Å². The lowest BCUT2D eigenvalue weighted by atomic mass is 10.1. The average Bonchev–Trinajstić information content (AvgIpc) is 3.19. The van der Waals surface area contributed by atoms with Gasteiger partial charge in [-0.25, -0.2) is 4.79 Å². The van der Waals surface area contributed by atoms with Crippen molar-refractivity contribution in [3.8, 4) is 28.4 Å². The second-order valence-corrected chi connectivity index (χ2v) is 8.02. The lowest BCUT2D eigenvalue weighted by molar-refractivity contribution is 0.355. The Balaban J connectivity index is 2.19. The number of anilines is 1. The summed E-state index contributed by atoms with van der Waals surface area (Å²) >= 11 is 12.6. The quantitative estimate of drug-likeness (QED) is 0.456. The number of nitrogens with two attached hydrogens (primary N) is 1. The zero-order valence-electron chi connectivity index (χ0n) is 17.8. The van der Waals surface area contributed by atoms with Crippen molar-refractivity contribution in [2.75, 3.05) is 20.0 Å². The first-order chi connectivity index (χ1) is 15.2. The molecule has 0 aliphatic rings. The lowest BCUT2D eigenvalue weighted by Crippen LogP contribution is -2.36. The first-order valence-electron chi connectivity index (χ1n) is 9.48. The number of fused-ring (bicyclic) bond motifs is 1. The number of aryl methyl sites for hydroxylation is 1. The summed E-state index contributed by atoms with van der Waals surface area (Å²) in [6.07, 6.45) is 1.70. The van der Waals surface area contributed by atoms with E-state index in [0.717, 1.165) is 4.57 Å². The van der Waals surface area contributed by atoms with Crippen molar-refractivity contribution in [1.82, 2.24) is 13.7 Å². The number of rotatable bonds is 4. The van der Waals surface area contributed by atoms with Crippen molar-refractivity contribution in [2.45, 2.75) is 0 Å². The van der Waals surface area contributed by atoms with Gasteiger partial charge in [0.15, 0.2) is 11.5 Å². The predicted octanol–water partition coefficient (Wildman–Crippen LogP) is 3.60. The van der Waals surface area contributed by atoms with E-state index in [2.05, 4.69) is 0 Å².